The van der Waals surface area contributed by atoms with Gasteiger partial charge in [0.2, 0.25) is 5.91 Å². The summed E-state index contributed by atoms with van der Waals surface area (Å²) in [5.41, 5.74) is 5.87. The summed E-state index contributed by atoms with van der Waals surface area (Å²) in [6, 6.07) is 24.0. The number of nitrogens with one attached hydrogen (secondary N) is 1. The molecule has 1 amide bonds. The molecule has 0 unspecified atom stereocenters. The van der Waals surface area contributed by atoms with E-state index < -0.39 is 0 Å². The van der Waals surface area contributed by atoms with Crippen molar-refractivity contribution in [1.82, 2.24) is 29.9 Å². The predicted molar refractivity (Wildman–Crippen MR) is 140 cm³/mol. The maximum absolute atomic E-state index is 12.7. The molecular weight excluding hydrogens is 448 g/mol. The lowest BCUT2D eigenvalue weighted by molar-refractivity contribution is -0.116. The lowest BCUT2D eigenvalue weighted by atomic mass is 10.1. The van der Waals surface area contributed by atoms with E-state index in [4.69, 9.17) is 5.10 Å². The van der Waals surface area contributed by atoms with Crippen molar-refractivity contribution in [1.29, 1.82) is 0 Å². The average Bonchev–Trinajstić information content (AvgIpc) is 3.58. The summed E-state index contributed by atoms with van der Waals surface area (Å²) >= 11 is 0. The SMILES string of the molecule is O=C(C=Cc1cn(Cc2ccccc2)nc1-c1cccnc1)NCc1ccccc1Cn1cccn1. The van der Waals surface area contributed by atoms with Gasteiger partial charge < -0.3 is 5.32 Å². The van der Waals surface area contributed by atoms with Crippen LogP contribution < -0.4 is 5.32 Å². The Morgan fingerprint density at radius 1 is 0.861 bits per heavy atom. The van der Waals surface area contributed by atoms with Crippen LogP contribution in [0.2, 0.25) is 0 Å². The lowest BCUT2D eigenvalue weighted by Crippen LogP contribution is -2.21. The standard InChI is InChI=1S/C29H26N6O/c36-28(31-19-24-10-4-5-11-26(24)21-34-17-7-16-32-34)14-13-27-22-35(20-23-8-2-1-3-9-23)33-29(27)25-12-6-15-30-18-25/h1-18,22H,19-21H2,(H,31,36). The summed E-state index contributed by atoms with van der Waals surface area (Å²) < 4.78 is 3.76. The van der Waals surface area contributed by atoms with Crippen molar-refractivity contribution < 1.29 is 4.79 Å². The van der Waals surface area contributed by atoms with Gasteiger partial charge in [0.1, 0.15) is 5.69 Å². The van der Waals surface area contributed by atoms with E-state index in [2.05, 4.69) is 33.6 Å². The maximum Gasteiger partial charge on any atom is 0.244 e. The van der Waals surface area contributed by atoms with Gasteiger partial charge in [-0.3, -0.25) is 19.1 Å². The third-order valence-electron chi connectivity index (χ3n) is 5.79. The molecule has 0 spiro atoms. The van der Waals surface area contributed by atoms with Crippen LogP contribution in [0.4, 0.5) is 0 Å². The Kier molecular flexibility index (Phi) is 7.09. The molecule has 0 aliphatic heterocycles. The van der Waals surface area contributed by atoms with E-state index in [0.717, 1.165) is 33.5 Å². The maximum atomic E-state index is 12.7. The Morgan fingerprint density at radius 3 is 2.47 bits per heavy atom. The lowest BCUT2D eigenvalue weighted by Gasteiger charge is -2.10. The molecule has 0 aliphatic carbocycles. The van der Waals surface area contributed by atoms with E-state index in [9.17, 15) is 4.79 Å². The van der Waals surface area contributed by atoms with Crippen LogP contribution >= 0.6 is 0 Å². The van der Waals surface area contributed by atoms with Crippen LogP contribution in [0.5, 0.6) is 0 Å². The molecule has 0 saturated carbocycles. The molecule has 5 aromatic rings. The first-order valence-electron chi connectivity index (χ1n) is 11.8. The highest BCUT2D eigenvalue weighted by Crippen LogP contribution is 2.23. The number of aromatic nitrogens is 5. The molecule has 36 heavy (non-hydrogen) atoms. The average molecular weight is 475 g/mol. The van der Waals surface area contributed by atoms with Gasteiger partial charge in [0.05, 0.1) is 13.1 Å². The van der Waals surface area contributed by atoms with E-state index in [-0.39, 0.29) is 5.91 Å². The molecule has 0 aliphatic rings. The molecule has 1 N–H and O–H groups in total. The normalized spacial score (nSPS) is 11.1. The van der Waals surface area contributed by atoms with Crippen LogP contribution in [-0.4, -0.2) is 30.5 Å². The van der Waals surface area contributed by atoms with E-state index in [1.807, 2.05) is 82.4 Å². The minimum Gasteiger partial charge on any atom is -0.348 e. The van der Waals surface area contributed by atoms with Crippen molar-refractivity contribution in [2.75, 3.05) is 0 Å². The quantitative estimate of drug-likeness (QED) is 0.318. The second-order valence-corrected chi connectivity index (χ2v) is 8.38. The van der Waals surface area contributed by atoms with E-state index >= 15 is 0 Å². The molecular formula is C29H26N6O. The van der Waals surface area contributed by atoms with Gasteiger partial charge in [-0.15, -0.1) is 0 Å². The molecule has 7 nitrogen and oxygen atoms in total. The van der Waals surface area contributed by atoms with Gasteiger partial charge in [0, 0.05) is 54.7 Å². The van der Waals surface area contributed by atoms with Crippen molar-refractivity contribution in [3.63, 3.8) is 0 Å². The van der Waals surface area contributed by atoms with Gasteiger partial charge >= 0.3 is 0 Å². The van der Waals surface area contributed by atoms with Gasteiger partial charge in [-0.25, -0.2) is 0 Å². The zero-order chi connectivity index (χ0) is 24.6. The highest BCUT2D eigenvalue weighted by molar-refractivity contribution is 5.92. The van der Waals surface area contributed by atoms with Crippen LogP contribution in [0.15, 0.2) is 110 Å². The first-order valence-corrected chi connectivity index (χ1v) is 11.8. The summed E-state index contributed by atoms with van der Waals surface area (Å²) in [5, 5.41) is 12.1. The second-order valence-electron chi connectivity index (χ2n) is 8.38. The minimum atomic E-state index is -0.170. The molecule has 0 radical (unpaired) electrons. The van der Waals surface area contributed by atoms with Gasteiger partial charge in [-0.1, -0.05) is 54.6 Å². The highest BCUT2D eigenvalue weighted by atomic mass is 16.1. The Bertz CT molecular complexity index is 1440. The van der Waals surface area contributed by atoms with Crippen LogP contribution in [0, 0.1) is 0 Å². The Labute approximate surface area is 209 Å². The fraction of sp³-hybridized carbons (Fsp3) is 0.103. The number of nitrogens with zero attached hydrogens (tertiary/aromatic N) is 5. The fourth-order valence-corrected chi connectivity index (χ4v) is 4.00. The summed E-state index contributed by atoms with van der Waals surface area (Å²) in [6.07, 6.45) is 12.5. The molecule has 178 valence electrons. The molecule has 0 atom stereocenters. The monoisotopic (exact) mass is 474 g/mol. The summed E-state index contributed by atoms with van der Waals surface area (Å²) in [6.45, 7) is 1.73. The van der Waals surface area contributed by atoms with E-state index in [1.54, 1.807) is 24.7 Å². The van der Waals surface area contributed by atoms with Gasteiger partial charge in [-0.05, 0) is 41.0 Å². The number of pyridine rings is 1. The Balaban J connectivity index is 1.30. The number of benzene rings is 2. The summed E-state index contributed by atoms with van der Waals surface area (Å²) in [5.74, 6) is -0.170. The zero-order valence-electron chi connectivity index (χ0n) is 19.7. The van der Waals surface area contributed by atoms with Crippen LogP contribution in [0.25, 0.3) is 17.3 Å². The van der Waals surface area contributed by atoms with Crippen molar-refractivity contribution in [3.05, 3.63) is 132 Å². The second kappa shape index (κ2) is 11.1. The number of hydrogen-bond donors (Lipinski definition) is 1. The highest BCUT2D eigenvalue weighted by Gasteiger charge is 2.11. The third kappa shape index (κ3) is 5.82. The Morgan fingerprint density at radius 2 is 1.69 bits per heavy atom. The van der Waals surface area contributed by atoms with Crippen LogP contribution in [-0.2, 0) is 24.4 Å². The third-order valence-corrected chi connectivity index (χ3v) is 5.79. The summed E-state index contributed by atoms with van der Waals surface area (Å²) in [4.78, 5) is 16.9. The number of amides is 1. The fourth-order valence-electron chi connectivity index (χ4n) is 4.00. The number of hydrogen-bond acceptors (Lipinski definition) is 4. The number of carbonyl (C=O) groups is 1. The largest absolute Gasteiger partial charge is 0.348 e. The van der Waals surface area contributed by atoms with E-state index in [0.29, 0.717) is 19.6 Å². The molecule has 3 aromatic heterocycles. The topological polar surface area (TPSA) is 77.6 Å². The van der Waals surface area contributed by atoms with Crippen molar-refractivity contribution >= 4 is 12.0 Å². The first kappa shape index (κ1) is 23.0. The van der Waals surface area contributed by atoms with Crippen molar-refractivity contribution in [2.45, 2.75) is 19.6 Å². The Hall–Kier alpha value is -4.78. The van der Waals surface area contributed by atoms with Crippen molar-refractivity contribution in [3.8, 4) is 11.3 Å². The molecule has 2 aromatic carbocycles. The smallest absolute Gasteiger partial charge is 0.244 e. The van der Waals surface area contributed by atoms with Crippen LogP contribution in [0.1, 0.15) is 22.3 Å². The zero-order valence-corrected chi connectivity index (χ0v) is 19.7. The summed E-state index contributed by atoms with van der Waals surface area (Å²) in [7, 11) is 0. The van der Waals surface area contributed by atoms with Crippen LogP contribution in [0.3, 0.4) is 0 Å². The number of carbonyl (C=O) groups excluding carboxylic acids is 1. The van der Waals surface area contributed by atoms with Gasteiger partial charge in [-0.2, -0.15) is 10.2 Å². The number of rotatable bonds is 9. The van der Waals surface area contributed by atoms with E-state index in [1.165, 1.54) is 0 Å². The first-order chi connectivity index (χ1) is 17.7. The molecule has 5 rings (SSSR count). The van der Waals surface area contributed by atoms with Gasteiger partial charge in [0.25, 0.3) is 0 Å². The predicted octanol–water partition coefficient (Wildman–Crippen LogP) is 4.57. The van der Waals surface area contributed by atoms with Crippen molar-refractivity contribution in [2.24, 2.45) is 0 Å². The minimum absolute atomic E-state index is 0.170. The van der Waals surface area contributed by atoms with Gasteiger partial charge in [0.15, 0.2) is 0 Å². The molecule has 0 saturated heterocycles. The molecule has 0 fully saturated rings. The molecule has 3 heterocycles. The molecule has 7 heteroatoms. The molecule has 0 bridgehead atoms.